The Bertz CT molecular complexity index is 326. The van der Waals surface area contributed by atoms with Crippen molar-refractivity contribution >= 4 is 5.57 Å². The van der Waals surface area contributed by atoms with Crippen LogP contribution in [0.15, 0.2) is 43.0 Å². The van der Waals surface area contributed by atoms with Crippen molar-refractivity contribution in [3.05, 3.63) is 54.1 Å². The highest BCUT2D eigenvalue weighted by Crippen LogP contribution is 2.23. The summed E-state index contributed by atoms with van der Waals surface area (Å²) in [6.07, 6.45) is 3.95. The molecule has 0 saturated carbocycles. The summed E-state index contributed by atoms with van der Waals surface area (Å²) in [5.41, 5.74) is 3.95. The van der Waals surface area contributed by atoms with Crippen molar-refractivity contribution in [2.24, 2.45) is 5.92 Å². The van der Waals surface area contributed by atoms with Crippen molar-refractivity contribution in [2.45, 2.75) is 20.8 Å². The Morgan fingerprint density at radius 1 is 1.21 bits per heavy atom. The minimum absolute atomic E-state index is 0.538. The Balaban J connectivity index is 3.06. The third kappa shape index (κ3) is 2.59. The summed E-state index contributed by atoms with van der Waals surface area (Å²) >= 11 is 0. The van der Waals surface area contributed by atoms with Crippen LogP contribution in [0.3, 0.4) is 0 Å². The highest BCUT2D eigenvalue weighted by molar-refractivity contribution is 5.68. The SMILES string of the molecule is C=C/C=C(/c1ccc(C)cc1)C(C)C. The molecular formula is C14H18. The topological polar surface area (TPSA) is 0 Å². The molecule has 0 spiro atoms. The van der Waals surface area contributed by atoms with Crippen LogP contribution in [0.1, 0.15) is 25.0 Å². The van der Waals surface area contributed by atoms with E-state index in [1.165, 1.54) is 16.7 Å². The molecule has 1 aromatic rings. The van der Waals surface area contributed by atoms with Gasteiger partial charge in [-0.1, -0.05) is 62.4 Å². The van der Waals surface area contributed by atoms with Gasteiger partial charge in [0.2, 0.25) is 0 Å². The van der Waals surface area contributed by atoms with Gasteiger partial charge in [0.15, 0.2) is 0 Å². The van der Waals surface area contributed by atoms with Gasteiger partial charge < -0.3 is 0 Å². The summed E-state index contributed by atoms with van der Waals surface area (Å²) in [7, 11) is 0. The molecule has 0 radical (unpaired) electrons. The Hall–Kier alpha value is -1.30. The molecule has 0 heteroatoms. The minimum Gasteiger partial charge on any atom is -0.0991 e. The normalized spacial score (nSPS) is 11.9. The van der Waals surface area contributed by atoms with Crippen LogP contribution in [-0.2, 0) is 0 Å². The van der Waals surface area contributed by atoms with Crippen LogP contribution in [0.2, 0.25) is 0 Å². The third-order valence-electron chi connectivity index (χ3n) is 2.30. The molecule has 0 aliphatic rings. The zero-order valence-electron chi connectivity index (χ0n) is 9.25. The van der Waals surface area contributed by atoms with Crippen molar-refractivity contribution in [2.75, 3.05) is 0 Å². The van der Waals surface area contributed by atoms with E-state index >= 15 is 0 Å². The van der Waals surface area contributed by atoms with Crippen LogP contribution in [0.25, 0.3) is 5.57 Å². The van der Waals surface area contributed by atoms with E-state index in [2.05, 4.69) is 57.7 Å². The van der Waals surface area contributed by atoms with Gasteiger partial charge in [0.05, 0.1) is 0 Å². The minimum atomic E-state index is 0.538. The fourth-order valence-electron chi connectivity index (χ4n) is 1.49. The number of allylic oxidation sites excluding steroid dienone is 3. The highest BCUT2D eigenvalue weighted by Gasteiger charge is 2.04. The summed E-state index contributed by atoms with van der Waals surface area (Å²) in [5, 5.41) is 0. The van der Waals surface area contributed by atoms with E-state index in [-0.39, 0.29) is 0 Å². The van der Waals surface area contributed by atoms with Gasteiger partial charge in [-0.2, -0.15) is 0 Å². The molecule has 0 aliphatic heterocycles. The zero-order chi connectivity index (χ0) is 10.6. The van der Waals surface area contributed by atoms with Gasteiger partial charge in [-0.15, -0.1) is 0 Å². The lowest BCUT2D eigenvalue weighted by Gasteiger charge is -2.11. The lowest BCUT2D eigenvalue weighted by Crippen LogP contribution is -1.93. The predicted octanol–water partition coefficient (Wildman–Crippen LogP) is 4.22. The summed E-state index contributed by atoms with van der Waals surface area (Å²) in [5.74, 6) is 0.538. The van der Waals surface area contributed by atoms with Gasteiger partial charge in [-0.3, -0.25) is 0 Å². The lowest BCUT2D eigenvalue weighted by atomic mass is 9.94. The lowest BCUT2D eigenvalue weighted by molar-refractivity contribution is 0.855. The molecule has 0 aliphatic carbocycles. The second-order valence-corrected chi connectivity index (χ2v) is 3.88. The molecule has 0 N–H and O–H groups in total. The van der Waals surface area contributed by atoms with Crippen molar-refractivity contribution < 1.29 is 0 Å². The maximum Gasteiger partial charge on any atom is -0.0213 e. The molecule has 0 bridgehead atoms. The van der Waals surface area contributed by atoms with Crippen molar-refractivity contribution in [1.29, 1.82) is 0 Å². The Kier molecular flexibility index (Phi) is 3.70. The highest BCUT2D eigenvalue weighted by atomic mass is 14.1. The van der Waals surface area contributed by atoms with Gasteiger partial charge in [0.25, 0.3) is 0 Å². The van der Waals surface area contributed by atoms with E-state index in [9.17, 15) is 0 Å². The van der Waals surface area contributed by atoms with E-state index < -0.39 is 0 Å². The number of hydrogen-bond acceptors (Lipinski definition) is 0. The Morgan fingerprint density at radius 3 is 2.21 bits per heavy atom. The number of benzene rings is 1. The summed E-state index contributed by atoms with van der Waals surface area (Å²) in [6.45, 7) is 10.3. The monoisotopic (exact) mass is 186 g/mol. The molecule has 14 heavy (non-hydrogen) atoms. The first-order valence-corrected chi connectivity index (χ1v) is 5.04. The molecule has 74 valence electrons. The van der Waals surface area contributed by atoms with Crippen LogP contribution >= 0.6 is 0 Å². The maximum atomic E-state index is 3.75. The van der Waals surface area contributed by atoms with E-state index in [0.29, 0.717) is 5.92 Å². The first-order valence-electron chi connectivity index (χ1n) is 5.04. The van der Waals surface area contributed by atoms with E-state index in [1.807, 2.05) is 6.08 Å². The van der Waals surface area contributed by atoms with E-state index in [4.69, 9.17) is 0 Å². The Labute approximate surface area is 87.0 Å². The molecule has 0 aromatic heterocycles. The predicted molar refractivity (Wildman–Crippen MR) is 64.2 cm³/mol. The smallest absolute Gasteiger partial charge is 0.0213 e. The van der Waals surface area contributed by atoms with Crippen molar-refractivity contribution in [1.82, 2.24) is 0 Å². The van der Waals surface area contributed by atoms with Gasteiger partial charge in [0, 0.05) is 0 Å². The fraction of sp³-hybridized carbons (Fsp3) is 0.286. The first kappa shape index (κ1) is 10.8. The number of hydrogen-bond donors (Lipinski definition) is 0. The average molecular weight is 186 g/mol. The number of aryl methyl sites for hydroxylation is 1. The first-order chi connectivity index (χ1) is 6.65. The molecular weight excluding hydrogens is 168 g/mol. The second kappa shape index (κ2) is 4.80. The average Bonchev–Trinajstić information content (AvgIpc) is 2.15. The Morgan fingerprint density at radius 2 is 1.79 bits per heavy atom. The molecule has 0 atom stereocenters. The molecule has 0 fully saturated rings. The summed E-state index contributed by atoms with van der Waals surface area (Å²) < 4.78 is 0. The van der Waals surface area contributed by atoms with Crippen LogP contribution < -0.4 is 0 Å². The fourth-order valence-corrected chi connectivity index (χ4v) is 1.49. The third-order valence-corrected chi connectivity index (χ3v) is 2.30. The second-order valence-electron chi connectivity index (χ2n) is 3.88. The molecule has 1 rings (SSSR count). The molecule has 0 unspecified atom stereocenters. The molecule has 1 aromatic carbocycles. The number of rotatable bonds is 3. The van der Waals surface area contributed by atoms with Crippen molar-refractivity contribution in [3.63, 3.8) is 0 Å². The largest absolute Gasteiger partial charge is 0.0991 e. The van der Waals surface area contributed by atoms with E-state index in [1.54, 1.807) is 0 Å². The van der Waals surface area contributed by atoms with Gasteiger partial charge >= 0.3 is 0 Å². The van der Waals surface area contributed by atoms with Crippen LogP contribution in [0, 0.1) is 12.8 Å². The molecule has 0 saturated heterocycles. The van der Waals surface area contributed by atoms with Gasteiger partial charge in [-0.05, 0) is 24.0 Å². The van der Waals surface area contributed by atoms with E-state index in [0.717, 1.165) is 0 Å². The van der Waals surface area contributed by atoms with Crippen LogP contribution in [0.4, 0.5) is 0 Å². The van der Waals surface area contributed by atoms with Crippen LogP contribution in [-0.4, -0.2) is 0 Å². The van der Waals surface area contributed by atoms with Crippen molar-refractivity contribution in [3.8, 4) is 0 Å². The quantitative estimate of drug-likeness (QED) is 0.620. The van der Waals surface area contributed by atoms with Crippen LogP contribution in [0.5, 0.6) is 0 Å². The standard InChI is InChI=1S/C14H18/c1-5-6-14(11(2)3)13-9-7-12(4)8-10-13/h5-11H,1H2,2-4H3/b14-6+. The van der Waals surface area contributed by atoms with Gasteiger partial charge in [-0.25, -0.2) is 0 Å². The molecule has 0 heterocycles. The van der Waals surface area contributed by atoms with Gasteiger partial charge in [0.1, 0.15) is 0 Å². The molecule has 0 nitrogen and oxygen atoms in total. The zero-order valence-corrected chi connectivity index (χ0v) is 9.25. The summed E-state index contributed by atoms with van der Waals surface area (Å²) in [4.78, 5) is 0. The maximum absolute atomic E-state index is 3.75. The molecule has 0 amide bonds. The summed E-state index contributed by atoms with van der Waals surface area (Å²) in [6, 6.07) is 8.64.